The van der Waals surface area contributed by atoms with Gasteiger partial charge in [-0.25, -0.2) is 0 Å². The molecule has 4 aliphatic rings. The molecular weight excluding hydrogens is 322 g/mol. The number of hydrogen-bond acceptors (Lipinski definition) is 5. The first-order chi connectivity index (χ1) is 10.2. The summed E-state index contributed by atoms with van der Waals surface area (Å²) in [6.07, 6.45) is 1.28. The summed E-state index contributed by atoms with van der Waals surface area (Å²) in [7, 11) is 0. The lowest BCUT2D eigenvalue weighted by atomic mass is 9.73. The van der Waals surface area contributed by atoms with Crippen LogP contribution in [0.25, 0.3) is 0 Å². The van der Waals surface area contributed by atoms with Gasteiger partial charge in [-0.1, -0.05) is 11.6 Å². The van der Waals surface area contributed by atoms with Crippen LogP contribution in [0.15, 0.2) is 23.8 Å². The van der Waals surface area contributed by atoms with Gasteiger partial charge in [0.1, 0.15) is 0 Å². The van der Waals surface area contributed by atoms with Crippen molar-refractivity contribution in [2.24, 2.45) is 0 Å². The molecule has 0 amide bonds. The molecule has 1 aliphatic carbocycles. The Kier molecular flexibility index (Phi) is 4.06. The normalized spacial score (nSPS) is 33.0. The summed E-state index contributed by atoms with van der Waals surface area (Å²) >= 11 is 0. The van der Waals surface area contributed by atoms with E-state index >= 15 is 0 Å². The van der Waals surface area contributed by atoms with Crippen LogP contribution >= 0.6 is 12.4 Å². The fraction of sp³-hybridized carbons (Fsp3) is 0.500. The molecule has 6 nitrogen and oxygen atoms in total. The molecule has 1 saturated heterocycles. The smallest absolute Gasteiger partial charge is 0.231 e. The highest BCUT2D eigenvalue weighted by atomic mass is 35.5. The molecule has 1 aromatic carbocycles. The number of aliphatic hydroxyl groups is 2. The first kappa shape index (κ1) is 16.5. The maximum Gasteiger partial charge on any atom is 0.231 e. The molecule has 4 N–H and O–H groups in total. The Balaban J connectivity index is 0.000000781. The fourth-order valence-corrected chi connectivity index (χ4v) is 4.35. The second-order valence-electron chi connectivity index (χ2n) is 6.32. The van der Waals surface area contributed by atoms with E-state index in [2.05, 4.69) is 4.90 Å². The molecule has 0 bridgehead atoms. The predicted molar refractivity (Wildman–Crippen MR) is 85.1 cm³/mol. The van der Waals surface area contributed by atoms with Crippen molar-refractivity contribution in [3.8, 4) is 11.5 Å². The van der Waals surface area contributed by atoms with Gasteiger partial charge in [-0.2, -0.15) is 0 Å². The molecule has 0 spiro atoms. The zero-order valence-corrected chi connectivity index (χ0v) is 13.3. The molecule has 0 unspecified atom stereocenters. The molecule has 0 saturated carbocycles. The average Bonchev–Trinajstić information content (AvgIpc) is 3.08. The largest absolute Gasteiger partial charge is 0.454 e. The molecule has 126 valence electrons. The monoisotopic (exact) mass is 341 g/mol. The van der Waals surface area contributed by atoms with Crippen LogP contribution in [0.5, 0.6) is 11.5 Å². The first-order valence-corrected chi connectivity index (χ1v) is 7.45. The molecular formula is C16H20ClNO5. The van der Waals surface area contributed by atoms with Crippen LogP contribution in [0.4, 0.5) is 0 Å². The van der Waals surface area contributed by atoms with Crippen molar-refractivity contribution in [2.45, 2.75) is 37.1 Å². The number of rotatable bonds is 0. The molecule has 23 heavy (non-hydrogen) atoms. The van der Waals surface area contributed by atoms with Crippen molar-refractivity contribution in [1.82, 2.24) is 4.90 Å². The Labute approximate surface area is 140 Å². The second-order valence-corrected chi connectivity index (χ2v) is 6.32. The summed E-state index contributed by atoms with van der Waals surface area (Å²) in [5.74, 6) is 1.45. The van der Waals surface area contributed by atoms with Crippen molar-refractivity contribution >= 4 is 12.4 Å². The van der Waals surface area contributed by atoms with Gasteiger partial charge in [0.05, 0.1) is 12.2 Å². The molecule has 7 heteroatoms. The van der Waals surface area contributed by atoms with Gasteiger partial charge in [-0.05, 0) is 29.7 Å². The van der Waals surface area contributed by atoms with Gasteiger partial charge in [0.25, 0.3) is 0 Å². The molecule has 4 atom stereocenters. The lowest BCUT2D eigenvalue weighted by Gasteiger charge is -2.44. The van der Waals surface area contributed by atoms with E-state index in [0.29, 0.717) is 0 Å². The molecule has 1 fully saturated rings. The third-order valence-corrected chi connectivity index (χ3v) is 5.27. The van der Waals surface area contributed by atoms with Crippen molar-refractivity contribution in [3.05, 3.63) is 34.9 Å². The maximum absolute atomic E-state index is 10.5. The SMILES string of the molecule is Cl.O.O[C@H]1[C@H]2c3cc4c(cc3CN3CCC(=C[C@@H]1O)[C@H]23)OCO4. The molecule has 3 heterocycles. The van der Waals surface area contributed by atoms with Gasteiger partial charge in [0.2, 0.25) is 6.79 Å². The summed E-state index contributed by atoms with van der Waals surface area (Å²) in [6.45, 7) is 2.11. The molecule has 1 aromatic rings. The summed E-state index contributed by atoms with van der Waals surface area (Å²) in [4.78, 5) is 2.40. The van der Waals surface area contributed by atoms with E-state index < -0.39 is 12.2 Å². The fourth-order valence-electron chi connectivity index (χ4n) is 4.35. The van der Waals surface area contributed by atoms with Gasteiger partial charge in [-0.15, -0.1) is 12.4 Å². The molecule has 0 aromatic heterocycles. The topological polar surface area (TPSA) is 93.7 Å². The molecule has 3 aliphatic heterocycles. The van der Waals surface area contributed by atoms with Gasteiger partial charge in [0.15, 0.2) is 11.5 Å². The van der Waals surface area contributed by atoms with Gasteiger partial charge in [0, 0.05) is 25.0 Å². The van der Waals surface area contributed by atoms with E-state index in [4.69, 9.17) is 9.47 Å². The number of halogens is 1. The second kappa shape index (κ2) is 5.65. The Bertz CT molecular complexity index is 664. The first-order valence-electron chi connectivity index (χ1n) is 7.45. The summed E-state index contributed by atoms with van der Waals surface area (Å²) in [5.41, 5.74) is 3.54. The lowest BCUT2D eigenvalue weighted by molar-refractivity contribution is -0.00157. The van der Waals surface area contributed by atoms with E-state index in [0.717, 1.165) is 36.6 Å². The standard InChI is InChI=1S/C16H17NO4.ClH.H2O/c18-11-3-8-1-2-17-6-9-4-12-13(21-7-20-12)5-10(9)14(15(8)17)16(11)19;;/h3-5,11,14-16,18-19H,1-2,6-7H2;1H;1H2/t11-,14-,15+,16+;;/m0../s1. The van der Waals surface area contributed by atoms with Crippen LogP contribution in [0.1, 0.15) is 23.5 Å². The Hall–Kier alpha value is -1.31. The van der Waals surface area contributed by atoms with E-state index in [-0.39, 0.29) is 36.6 Å². The summed E-state index contributed by atoms with van der Waals surface area (Å²) in [6, 6.07) is 4.25. The number of ether oxygens (including phenoxy) is 2. The lowest BCUT2D eigenvalue weighted by Crippen LogP contribution is -2.49. The van der Waals surface area contributed by atoms with Gasteiger partial charge < -0.3 is 25.2 Å². The van der Waals surface area contributed by atoms with Crippen LogP contribution in [0.2, 0.25) is 0 Å². The van der Waals surface area contributed by atoms with Gasteiger partial charge >= 0.3 is 0 Å². The maximum atomic E-state index is 10.5. The Morgan fingerprint density at radius 3 is 2.65 bits per heavy atom. The van der Waals surface area contributed by atoms with Crippen molar-refractivity contribution < 1.29 is 25.2 Å². The minimum absolute atomic E-state index is 0. The predicted octanol–water partition coefficient (Wildman–Crippen LogP) is 0.346. The molecule has 0 radical (unpaired) electrons. The summed E-state index contributed by atoms with van der Waals surface area (Å²) in [5, 5.41) is 20.7. The minimum Gasteiger partial charge on any atom is -0.454 e. The van der Waals surface area contributed by atoms with Crippen molar-refractivity contribution in [1.29, 1.82) is 0 Å². The highest BCUT2D eigenvalue weighted by Gasteiger charge is 2.48. The van der Waals surface area contributed by atoms with E-state index in [1.165, 1.54) is 11.1 Å². The number of hydrogen-bond donors (Lipinski definition) is 2. The quantitative estimate of drug-likeness (QED) is 0.664. The van der Waals surface area contributed by atoms with Gasteiger partial charge in [-0.3, -0.25) is 4.90 Å². The van der Waals surface area contributed by atoms with Crippen LogP contribution in [-0.4, -0.2) is 52.2 Å². The van der Waals surface area contributed by atoms with Crippen LogP contribution in [-0.2, 0) is 6.54 Å². The number of nitrogens with zero attached hydrogens (tertiary/aromatic N) is 1. The van der Waals surface area contributed by atoms with E-state index in [9.17, 15) is 10.2 Å². The van der Waals surface area contributed by atoms with Crippen molar-refractivity contribution in [2.75, 3.05) is 13.3 Å². The number of benzene rings is 1. The Morgan fingerprint density at radius 1 is 1.13 bits per heavy atom. The molecule has 5 rings (SSSR count). The van der Waals surface area contributed by atoms with E-state index in [1.807, 2.05) is 18.2 Å². The Morgan fingerprint density at radius 2 is 1.87 bits per heavy atom. The third-order valence-electron chi connectivity index (χ3n) is 5.27. The van der Waals surface area contributed by atoms with Crippen LogP contribution in [0.3, 0.4) is 0 Å². The van der Waals surface area contributed by atoms with Crippen LogP contribution in [0, 0.1) is 0 Å². The van der Waals surface area contributed by atoms with Crippen molar-refractivity contribution in [3.63, 3.8) is 0 Å². The summed E-state index contributed by atoms with van der Waals surface area (Å²) < 4.78 is 10.9. The highest BCUT2D eigenvalue weighted by molar-refractivity contribution is 5.85. The zero-order chi connectivity index (χ0) is 14.1. The third kappa shape index (κ3) is 2.17. The average molecular weight is 342 g/mol. The number of aliphatic hydroxyl groups excluding tert-OH is 2. The van der Waals surface area contributed by atoms with E-state index in [1.54, 1.807) is 0 Å². The zero-order valence-electron chi connectivity index (χ0n) is 12.4. The van der Waals surface area contributed by atoms with Crippen LogP contribution < -0.4 is 9.47 Å². The number of fused-ring (bicyclic) bond motifs is 3. The highest BCUT2D eigenvalue weighted by Crippen LogP contribution is 2.49. The minimum atomic E-state index is -0.780.